The molecule has 0 spiro atoms. The zero-order valence-corrected chi connectivity index (χ0v) is 19.3. The lowest BCUT2D eigenvalue weighted by Gasteiger charge is -2.26. The third-order valence-electron chi connectivity index (χ3n) is 4.91. The van der Waals surface area contributed by atoms with Crippen molar-refractivity contribution < 1.29 is 8.42 Å². The van der Waals surface area contributed by atoms with E-state index in [2.05, 4.69) is 45.3 Å². The van der Waals surface area contributed by atoms with E-state index in [4.69, 9.17) is 0 Å². The minimum atomic E-state index is -3.34. The van der Waals surface area contributed by atoms with Crippen molar-refractivity contribution >= 4 is 17.9 Å². The van der Waals surface area contributed by atoms with E-state index in [1.807, 2.05) is 12.1 Å². The lowest BCUT2D eigenvalue weighted by molar-refractivity contribution is 0.581. The van der Waals surface area contributed by atoms with Crippen LogP contribution in [0.15, 0.2) is 69.8 Å². The molecule has 0 saturated heterocycles. The first-order chi connectivity index (χ1) is 12.6. The normalized spacial score (nSPS) is 20.6. The fraction of sp³-hybridized carbons (Fsp3) is 0.478. The SMILES string of the molecule is CCCC/C=C(\C)C1=C[C@H](S(=O)(=O)c2ccccc2)CC/C1=C\[Si](C)(C)C. The highest BCUT2D eigenvalue weighted by Crippen LogP contribution is 2.35. The highest BCUT2D eigenvalue weighted by molar-refractivity contribution is 7.92. The van der Waals surface area contributed by atoms with Crippen molar-refractivity contribution in [2.24, 2.45) is 0 Å². The Morgan fingerprint density at radius 3 is 2.44 bits per heavy atom. The fourth-order valence-electron chi connectivity index (χ4n) is 3.53. The van der Waals surface area contributed by atoms with Gasteiger partial charge in [0.1, 0.15) is 0 Å². The van der Waals surface area contributed by atoms with Crippen LogP contribution >= 0.6 is 0 Å². The average molecular weight is 403 g/mol. The van der Waals surface area contributed by atoms with Gasteiger partial charge in [-0.3, -0.25) is 0 Å². The highest BCUT2D eigenvalue weighted by Gasteiger charge is 2.30. The van der Waals surface area contributed by atoms with Crippen LogP contribution in [0.25, 0.3) is 0 Å². The number of benzene rings is 1. The van der Waals surface area contributed by atoms with E-state index in [9.17, 15) is 8.42 Å². The van der Waals surface area contributed by atoms with Crippen molar-refractivity contribution in [1.29, 1.82) is 0 Å². The molecule has 0 heterocycles. The molecule has 148 valence electrons. The first-order valence-corrected chi connectivity index (χ1v) is 15.2. The summed E-state index contributed by atoms with van der Waals surface area (Å²) < 4.78 is 26.3. The van der Waals surface area contributed by atoms with E-state index >= 15 is 0 Å². The number of sulfone groups is 1. The molecule has 4 heteroatoms. The molecule has 1 aliphatic rings. The van der Waals surface area contributed by atoms with Crippen LogP contribution in [0.2, 0.25) is 19.6 Å². The number of hydrogen-bond acceptors (Lipinski definition) is 2. The van der Waals surface area contributed by atoms with Gasteiger partial charge in [0.05, 0.1) is 18.2 Å². The number of rotatable bonds is 7. The molecule has 0 amide bonds. The van der Waals surface area contributed by atoms with Crippen molar-refractivity contribution in [2.75, 3.05) is 0 Å². The van der Waals surface area contributed by atoms with Crippen molar-refractivity contribution in [3.8, 4) is 0 Å². The molecule has 1 aromatic rings. The molecule has 1 aromatic carbocycles. The highest BCUT2D eigenvalue weighted by atomic mass is 32.2. The van der Waals surface area contributed by atoms with Gasteiger partial charge in [-0.2, -0.15) is 0 Å². The Bertz CT molecular complexity index is 825. The monoisotopic (exact) mass is 402 g/mol. The van der Waals surface area contributed by atoms with Gasteiger partial charge in [0, 0.05) is 0 Å². The van der Waals surface area contributed by atoms with Crippen LogP contribution in [0.3, 0.4) is 0 Å². The van der Waals surface area contributed by atoms with E-state index in [0.717, 1.165) is 18.4 Å². The van der Waals surface area contributed by atoms with Gasteiger partial charge in [-0.05, 0) is 55.0 Å². The van der Waals surface area contributed by atoms with Crippen LogP contribution in [0.5, 0.6) is 0 Å². The summed E-state index contributed by atoms with van der Waals surface area (Å²) in [7, 11) is -4.72. The van der Waals surface area contributed by atoms with Gasteiger partial charge >= 0.3 is 0 Å². The van der Waals surface area contributed by atoms with E-state index in [-0.39, 0.29) is 0 Å². The Kier molecular flexibility index (Phi) is 7.46. The molecule has 1 atom stereocenters. The maximum absolute atomic E-state index is 13.1. The Morgan fingerprint density at radius 1 is 1.19 bits per heavy atom. The first-order valence-electron chi connectivity index (χ1n) is 10.0. The molecule has 0 unspecified atom stereocenters. The van der Waals surface area contributed by atoms with Gasteiger partial charge in [0.15, 0.2) is 9.84 Å². The predicted molar refractivity (Wildman–Crippen MR) is 119 cm³/mol. The second kappa shape index (κ2) is 9.20. The predicted octanol–water partition coefficient (Wildman–Crippen LogP) is 6.49. The van der Waals surface area contributed by atoms with Crippen LogP contribution in [-0.4, -0.2) is 21.7 Å². The first kappa shape index (κ1) is 21.9. The summed E-state index contributed by atoms with van der Waals surface area (Å²) in [6, 6.07) is 8.87. The summed E-state index contributed by atoms with van der Waals surface area (Å²) in [5.74, 6) is 0. The van der Waals surface area contributed by atoms with E-state index in [1.165, 1.54) is 24.0 Å². The lowest BCUT2D eigenvalue weighted by atomic mass is 9.89. The van der Waals surface area contributed by atoms with Gasteiger partial charge in [0.2, 0.25) is 0 Å². The van der Waals surface area contributed by atoms with Crippen molar-refractivity contribution in [3.05, 3.63) is 64.9 Å². The van der Waals surface area contributed by atoms with Gasteiger partial charge in [-0.25, -0.2) is 8.42 Å². The summed E-state index contributed by atoms with van der Waals surface area (Å²) in [6.45, 7) is 11.3. The van der Waals surface area contributed by atoms with Crippen LogP contribution in [0, 0.1) is 0 Å². The molecule has 2 rings (SSSR count). The Hall–Kier alpha value is -1.39. The molecular formula is C23H34O2SSi. The lowest BCUT2D eigenvalue weighted by Crippen LogP contribution is -2.25. The third kappa shape index (κ3) is 6.05. The second-order valence-electron chi connectivity index (χ2n) is 8.58. The Labute approximate surface area is 167 Å². The summed E-state index contributed by atoms with van der Waals surface area (Å²) in [5, 5.41) is -0.441. The minimum absolute atomic E-state index is 0.427. The molecule has 1 aliphatic carbocycles. The largest absolute Gasteiger partial charge is 0.223 e. The van der Waals surface area contributed by atoms with Gasteiger partial charge < -0.3 is 0 Å². The molecule has 0 bridgehead atoms. The summed E-state index contributed by atoms with van der Waals surface area (Å²) in [4.78, 5) is 0.427. The minimum Gasteiger partial charge on any atom is -0.223 e. The molecule has 0 radical (unpaired) electrons. The molecule has 0 aliphatic heterocycles. The van der Waals surface area contributed by atoms with E-state index in [0.29, 0.717) is 11.3 Å². The molecule has 2 nitrogen and oxygen atoms in total. The van der Waals surface area contributed by atoms with Crippen molar-refractivity contribution in [2.45, 2.75) is 75.7 Å². The zero-order valence-electron chi connectivity index (χ0n) is 17.5. The van der Waals surface area contributed by atoms with Crippen LogP contribution in [-0.2, 0) is 9.84 Å². The quantitative estimate of drug-likeness (QED) is 0.386. The molecule has 0 aromatic heterocycles. The van der Waals surface area contributed by atoms with Gasteiger partial charge in [-0.1, -0.05) is 75.5 Å². The van der Waals surface area contributed by atoms with E-state index < -0.39 is 23.2 Å². The number of unbranched alkanes of at least 4 members (excludes halogenated alkanes) is 2. The molecule has 0 saturated carbocycles. The smallest absolute Gasteiger partial charge is 0.184 e. The standard InChI is InChI=1S/C23H34O2SSi/c1-6-7-9-12-19(2)23-17-22(16-15-20(23)18-27(3,4)5)26(24,25)21-13-10-8-11-14-21/h8,10-14,17-18,22H,6-7,9,15-16H2,1-5H3/b19-12+,20-18+/t22-/m1/s1. The maximum Gasteiger partial charge on any atom is 0.184 e. The van der Waals surface area contributed by atoms with E-state index in [1.54, 1.807) is 24.3 Å². The molecule has 27 heavy (non-hydrogen) atoms. The Morgan fingerprint density at radius 2 is 1.85 bits per heavy atom. The van der Waals surface area contributed by atoms with Crippen molar-refractivity contribution in [3.63, 3.8) is 0 Å². The molecule has 0 N–H and O–H groups in total. The summed E-state index contributed by atoms with van der Waals surface area (Å²) >= 11 is 0. The van der Waals surface area contributed by atoms with Gasteiger partial charge in [-0.15, -0.1) is 0 Å². The summed E-state index contributed by atoms with van der Waals surface area (Å²) in [6.07, 6.45) is 9.20. The maximum atomic E-state index is 13.1. The van der Waals surface area contributed by atoms with Gasteiger partial charge in [0.25, 0.3) is 0 Å². The third-order valence-corrected chi connectivity index (χ3v) is 8.22. The average Bonchev–Trinajstić information content (AvgIpc) is 2.61. The van der Waals surface area contributed by atoms with Crippen LogP contribution < -0.4 is 0 Å². The molecule has 0 fully saturated rings. The zero-order chi connectivity index (χ0) is 20.1. The fourth-order valence-corrected chi connectivity index (χ4v) is 6.50. The van der Waals surface area contributed by atoms with Crippen molar-refractivity contribution in [1.82, 2.24) is 0 Å². The Balaban J connectivity index is 2.46. The topological polar surface area (TPSA) is 34.1 Å². The number of hydrogen-bond donors (Lipinski definition) is 0. The molecular weight excluding hydrogens is 368 g/mol. The van der Waals surface area contributed by atoms with Crippen LogP contribution in [0.1, 0.15) is 46.0 Å². The second-order valence-corrected chi connectivity index (χ2v) is 15.8. The summed E-state index contributed by atoms with van der Waals surface area (Å²) in [5.41, 5.74) is 6.17. The number of allylic oxidation sites excluding steroid dienone is 4. The van der Waals surface area contributed by atoms with Crippen LogP contribution in [0.4, 0.5) is 0 Å².